The van der Waals surface area contributed by atoms with E-state index in [4.69, 9.17) is 0 Å². The average molecular weight is 414 g/mol. The Bertz CT molecular complexity index is 1200. The van der Waals surface area contributed by atoms with E-state index in [1.54, 1.807) is 18.0 Å². The molecule has 0 radical (unpaired) electrons. The predicted octanol–water partition coefficient (Wildman–Crippen LogP) is 4.86. The van der Waals surface area contributed by atoms with Crippen LogP contribution in [0.3, 0.4) is 0 Å². The van der Waals surface area contributed by atoms with Crippen LogP contribution < -0.4 is 4.90 Å². The molecule has 1 heterocycles. The number of para-hydroxylation sites is 1. The van der Waals surface area contributed by atoms with E-state index in [0.717, 1.165) is 21.6 Å². The van der Waals surface area contributed by atoms with Gasteiger partial charge in [0, 0.05) is 13.6 Å². The van der Waals surface area contributed by atoms with Crippen molar-refractivity contribution in [1.29, 1.82) is 0 Å². The fourth-order valence-corrected chi connectivity index (χ4v) is 3.82. The molecule has 3 aromatic rings. The van der Waals surface area contributed by atoms with E-state index in [9.17, 15) is 14.0 Å². The van der Waals surface area contributed by atoms with Crippen LogP contribution in [0.25, 0.3) is 5.57 Å². The molecular formula is C26H23FN2O2. The van der Waals surface area contributed by atoms with Gasteiger partial charge in [-0.1, -0.05) is 60.7 Å². The van der Waals surface area contributed by atoms with Gasteiger partial charge in [-0.25, -0.2) is 9.29 Å². The molecule has 0 N–H and O–H groups in total. The molecule has 4 nitrogen and oxygen atoms in total. The van der Waals surface area contributed by atoms with Crippen molar-refractivity contribution in [3.8, 4) is 0 Å². The van der Waals surface area contributed by atoms with Crippen molar-refractivity contribution < 1.29 is 14.0 Å². The zero-order chi connectivity index (χ0) is 22.1. The summed E-state index contributed by atoms with van der Waals surface area (Å²) in [5.41, 5.74) is 4.26. The molecule has 0 fully saturated rings. The molecule has 0 atom stereocenters. The SMILES string of the molecule is Cc1ccc(C2=C(N(C)Cc3ccccc3)C(=O)N(c3ccccc3F)C2=O)cc1C. The summed E-state index contributed by atoms with van der Waals surface area (Å²) in [5, 5.41) is 0. The number of hydrogen-bond donors (Lipinski definition) is 0. The predicted molar refractivity (Wildman–Crippen MR) is 120 cm³/mol. The number of likely N-dealkylation sites (N-methyl/N-ethyl adjacent to an activating group) is 1. The van der Waals surface area contributed by atoms with Crippen LogP contribution >= 0.6 is 0 Å². The van der Waals surface area contributed by atoms with Crippen molar-refractivity contribution in [3.05, 3.63) is 107 Å². The van der Waals surface area contributed by atoms with Crippen molar-refractivity contribution in [3.63, 3.8) is 0 Å². The van der Waals surface area contributed by atoms with Crippen LogP contribution in [-0.2, 0) is 16.1 Å². The summed E-state index contributed by atoms with van der Waals surface area (Å²) >= 11 is 0. The minimum atomic E-state index is -0.615. The van der Waals surface area contributed by atoms with E-state index in [0.29, 0.717) is 12.1 Å². The lowest BCUT2D eigenvalue weighted by atomic mass is 9.99. The Hall–Kier alpha value is -3.73. The van der Waals surface area contributed by atoms with E-state index in [1.165, 1.54) is 18.2 Å². The molecular weight excluding hydrogens is 391 g/mol. The van der Waals surface area contributed by atoms with Gasteiger partial charge in [-0.15, -0.1) is 0 Å². The second-order valence-electron chi connectivity index (χ2n) is 7.76. The minimum absolute atomic E-state index is 0.0399. The second kappa shape index (κ2) is 8.19. The molecule has 1 aliphatic rings. The molecule has 4 rings (SSSR count). The van der Waals surface area contributed by atoms with Gasteiger partial charge in [-0.3, -0.25) is 9.59 Å². The summed E-state index contributed by atoms with van der Waals surface area (Å²) in [6.45, 7) is 4.39. The van der Waals surface area contributed by atoms with Crippen molar-refractivity contribution in [1.82, 2.24) is 4.90 Å². The van der Waals surface area contributed by atoms with Gasteiger partial charge < -0.3 is 4.90 Å². The summed E-state index contributed by atoms with van der Waals surface area (Å²) in [7, 11) is 1.78. The summed E-state index contributed by atoms with van der Waals surface area (Å²) in [5.74, 6) is -1.66. The lowest BCUT2D eigenvalue weighted by Gasteiger charge is -2.22. The molecule has 0 bridgehead atoms. The zero-order valence-corrected chi connectivity index (χ0v) is 17.7. The number of imide groups is 1. The number of benzene rings is 3. The van der Waals surface area contributed by atoms with E-state index < -0.39 is 17.6 Å². The number of rotatable bonds is 5. The van der Waals surface area contributed by atoms with Crippen LogP contribution in [0, 0.1) is 19.7 Å². The van der Waals surface area contributed by atoms with Gasteiger partial charge in [0.25, 0.3) is 11.8 Å². The van der Waals surface area contributed by atoms with Gasteiger partial charge in [0.15, 0.2) is 0 Å². The molecule has 2 amide bonds. The lowest BCUT2D eigenvalue weighted by Crippen LogP contribution is -2.34. The third-order valence-corrected chi connectivity index (χ3v) is 5.59. The van der Waals surface area contributed by atoms with Crippen LogP contribution in [0.5, 0.6) is 0 Å². The second-order valence-corrected chi connectivity index (χ2v) is 7.76. The van der Waals surface area contributed by atoms with Gasteiger partial charge in [0.1, 0.15) is 11.5 Å². The minimum Gasteiger partial charge on any atom is -0.365 e. The number of hydrogen-bond acceptors (Lipinski definition) is 3. The van der Waals surface area contributed by atoms with Gasteiger partial charge in [-0.05, 0) is 48.2 Å². The third-order valence-electron chi connectivity index (χ3n) is 5.59. The highest BCUT2D eigenvalue weighted by Gasteiger charge is 2.42. The van der Waals surface area contributed by atoms with Gasteiger partial charge in [0.05, 0.1) is 11.3 Å². The van der Waals surface area contributed by atoms with Crippen molar-refractivity contribution in [2.45, 2.75) is 20.4 Å². The third kappa shape index (κ3) is 3.75. The van der Waals surface area contributed by atoms with Crippen molar-refractivity contribution >= 4 is 23.1 Å². The smallest absolute Gasteiger partial charge is 0.282 e. The highest BCUT2D eigenvalue weighted by atomic mass is 19.1. The number of halogens is 1. The first-order valence-electron chi connectivity index (χ1n) is 10.1. The number of nitrogens with zero attached hydrogens (tertiary/aromatic N) is 2. The Balaban J connectivity index is 1.84. The molecule has 0 spiro atoms. The van der Waals surface area contributed by atoms with Crippen LogP contribution in [-0.4, -0.2) is 23.8 Å². The summed E-state index contributed by atoms with van der Waals surface area (Å²) in [6.07, 6.45) is 0. The van der Waals surface area contributed by atoms with Crippen molar-refractivity contribution in [2.24, 2.45) is 0 Å². The number of aryl methyl sites for hydroxylation is 2. The van der Waals surface area contributed by atoms with Gasteiger partial charge in [0.2, 0.25) is 0 Å². The molecule has 5 heteroatoms. The highest BCUT2D eigenvalue weighted by molar-refractivity contribution is 6.45. The van der Waals surface area contributed by atoms with E-state index in [2.05, 4.69) is 0 Å². The molecule has 0 saturated carbocycles. The van der Waals surface area contributed by atoms with E-state index in [1.807, 2.05) is 62.4 Å². The van der Waals surface area contributed by atoms with Crippen LogP contribution in [0.2, 0.25) is 0 Å². The highest BCUT2D eigenvalue weighted by Crippen LogP contribution is 2.36. The Morgan fingerprint density at radius 3 is 2.19 bits per heavy atom. The van der Waals surface area contributed by atoms with Crippen LogP contribution in [0.1, 0.15) is 22.3 Å². The monoisotopic (exact) mass is 414 g/mol. The Kier molecular flexibility index (Phi) is 5.42. The van der Waals surface area contributed by atoms with E-state index in [-0.39, 0.29) is 17.0 Å². The maximum atomic E-state index is 14.5. The molecule has 0 aromatic heterocycles. The zero-order valence-electron chi connectivity index (χ0n) is 17.7. The first-order chi connectivity index (χ1) is 14.9. The number of amides is 2. The molecule has 31 heavy (non-hydrogen) atoms. The Morgan fingerprint density at radius 2 is 1.52 bits per heavy atom. The topological polar surface area (TPSA) is 40.6 Å². The molecule has 0 aliphatic carbocycles. The Morgan fingerprint density at radius 1 is 0.839 bits per heavy atom. The molecule has 0 unspecified atom stereocenters. The molecule has 156 valence electrons. The standard InChI is InChI=1S/C26H23FN2O2/c1-17-13-14-20(15-18(17)2)23-24(28(3)16-19-9-5-4-6-10-19)26(31)29(25(23)30)22-12-8-7-11-21(22)27/h4-15H,16H2,1-3H3. The lowest BCUT2D eigenvalue weighted by molar-refractivity contribution is -0.120. The first kappa shape index (κ1) is 20.5. The Labute approximate surface area is 181 Å². The normalized spacial score (nSPS) is 13.9. The van der Waals surface area contributed by atoms with Crippen LogP contribution in [0.4, 0.5) is 10.1 Å². The number of carbonyl (C=O) groups excluding carboxylic acids is 2. The van der Waals surface area contributed by atoms with Gasteiger partial charge >= 0.3 is 0 Å². The molecule has 0 saturated heterocycles. The molecule has 3 aromatic carbocycles. The maximum Gasteiger partial charge on any atom is 0.282 e. The first-order valence-corrected chi connectivity index (χ1v) is 10.1. The summed E-state index contributed by atoms with van der Waals surface area (Å²) in [4.78, 5) is 29.7. The average Bonchev–Trinajstić information content (AvgIpc) is 3.01. The number of anilines is 1. The van der Waals surface area contributed by atoms with Gasteiger partial charge in [-0.2, -0.15) is 0 Å². The fourth-order valence-electron chi connectivity index (χ4n) is 3.82. The van der Waals surface area contributed by atoms with Crippen molar-refractivity contribution in [2.75, 3.05) is 11.9 Å². The fraction of sp³-hybridized carbons (Fsp3) is 0.154. The largest absolute Gasteiger partial charge is 0.365 e. The number of carbonyl (C=O) groups is 2. The summed E-state index contributed by atoms with van der Waals surface area (Å²) < 4.78 is 14.5. The van der Waals surface area contributed by atoms with Crippen LogP contribution in [0.15, 0.2) is 78.5 Å². The maximum absolute atomic E-state index is 14.5. The molecule has 1 aliphatic heterocycles. The van der Waals surface area contributed by atoms with E-state index >= 15 is 0 Å². The summed E-state index contributed by atoms with van der Waals surface area (Å²) in [6, 6.07) is 21.2. The quantitative estimate of drug-likeness (QED) is 0.560.